The number of methoxy groups -OCH3 is 1. The van der Waals surface area contributed by atoms with E-state index in [9.17, 15) is 15.0 Å². The van der Waals surface area contributed by atoms with E-state index in [1.807, 2.05) is 0 Å². The zero-order chi connectivity index (χ0) is 13.7. The second-order valence-corrected chi connectivity index (χ2v) is 3.94. The fourth-order valence-corrected chi connectivity index (χ4v) is 1.63. The van der Waals surface area contributed by atoms with Crippen LogP contribution >= 0.6 is 11.6 Å². The van der Waals surface area contributed by atoms with E-state index in [1.54, 1.807) is 13.0 Å². The van der Waals surface area contributed by atoms with Crippen LogP contribution in [0.2, 0.25) is 5.02 Å². The lowest BCUT2D eigenvalue weighted by atomic mass is 10.0. The highest BCUT2D eigenvalue weighted by Crippen LogP contribution is 2.29. The number of esters is 1. The van der Waals surface area contributed by atoms with Crippen LogP contribution < -0.4 is 4.74 Å². The third-order valence-electron chi connectivity index (χ3n) is 2.35. The molecular weight excluding hydrogens is 260 g/mol. The van der Waals surface area contributed by atoms with E-state index in [4.69, 9.17) is 16.3 Å². The van der Waals surface area contributed by atoms with Crippen LogP contribution in [0.3, 0.4) is 0 Å². The van der Waals surface area contributed by atoms with Gasteiger partial charge in [-0.2, -0.15) is 0 Å². The number of benzene rings is 1. The minimum absolute atomic E-state index is 0.120. The van der Waals surface area contributed by atoms with Gasteiger partial charge in [0, 0.05) is 10.6 Å². The number of ether oxygens (including phenoxy) is 2. The van der Waals surface area contributed by atoms with E-state index < -0.39 is 18.2 Å². The summed E-state index contributed by atoms with van der Waals surface area (Å²) in [5, 5.41) is 19.8. The maximum absolute atomic E-state index is 11.3. The summed E-state index contributed by atoms with van der Waals surface area (Å²) in [6.07, 6.45) is -3.15. The summed E-state index contributed by atoms with van der Waals surface area (Å²) in [5.41, 5.74) is 0.205. The Balaban J connectivity index is 2.95. The van der Waals surface area contributed by atoms with Gasteiger partial charge in [-0.1, -0.05) is 11.6 Å². The molecule has 1 aromatic carbocycles. The van der Waals surface area contributed by atoms with Gasteiger partial charge < -0.3 is 19.7 Å². The molecule has 6 heteroatoms. The Kier molecular flexibility index (Phi) is 5.40. The quantitative estimate of drug-likeness (QED) is 0.792. The van der Waals surface area contributed by atoms with Crippen LogP contribution in [0, 0.1) is 0 Å². The molecule has 0 amide bonds. The standard InChI is InChI=1S/C12H15ClO5/c1-3-18-12(16)11(15)10(14)8-6-7(17-2)4-5-9(8)13/h4-6,10-11,14-15H,3H2,1-2H3. The lowest BCUT2D eigenvalue weighted by Crippen LogP contribution is -2.30. The topological polar surface area (TPSA) is 76.0 Å². The Labute approximate surface area is 110 Å². The van der Waals surface area contributed by atoms with Crippen molar-refractivity contribution in [1.82, 2.24) is 0 Å². The Morgan fingerprint density at radius 1 is 1.44 bits per heavy atom. The van der Waals surface area contributed by atoms with Gasteiger partial charge in [0.1, 0.15) is 11.9 Å². The third-order valence-corrected chi connectivity index (χ3v) is 2.69. The van der Waals surface area contributed by atoms with Crippen molar-refractivity contribution in [2.75, 3.05) is 13.7 Å². The molecule has 1 aromatic rings. The van der Waals surface area contributed by atoms with Crippen LogP contribution in [-0.4, -0.2) is 36.0 Å². The first-order valence-corrected chi connectivity index (χ1v) is 5.75. The summed E-state index contributed by atoms with van der Waals surface area (Å²) in [4.78, 5) is 11.3. The largest absolute Gasteiger partial charge is 0.497 e. The minimum Gasteiger partial charge on any atom is -0.497 e. The van der Waals surface area contributed by atoms with Gasteiger partial charge in [-0.3, -0.25) is 0 Å². The Morgan fingerprint density at radius 2 is 2.11 bits per heavy atom. The number of rotatable bonds is 5. The molecule has 0 fully saturated rings. The Morgan fingerprint density at radius 3 is 2.67 bits per heavy atom. The molecule has 0 aliphatic heterocycles. The summed E-state index contributed by atoms with van der Waals surface area (Å²) in [5.74, 6) is -0.437. The smallest absolute Gasteiger partial charge is 0.338 e. The molecule has 0 saturated carbocycles. The first-order valence-electron chi connectivity index (χ1n) is 5.37. The van der Waals surface area contributed by atoms with Crippen molar-refractivity contribution in [2.24, 2.45) is 0 Å². The average molecular weight is 275 g/mol. The molecule has 0 heterocycles. The molecule has 0 radical (unpaired) electrons. The third kappa shape index (κ3) is 3.35. The second-order valence-electron chi connectivity index (χ2n) is 3.53. The van der Waals surface area contributed by atoms with Crippen LogP contribution in [-0.2, 0) is 9.53 Å². The van der Waals surface area contributed by atoms with Crippen LogP contribution in [0.25, 0.3) is 0 Å². The predicted octanol–water partition coefficient (Wildman–Crippen LogP) is 1.31. The van der Waals surface area contributed by atoms with E-state index in [-0.39, 0.29) is 17.2 Å². The first-order chi connectivity index (χ1) is 8.51. The summed E-state index contributed by atoms with van der Waals surface area (Å²) in [6, 6.07) is 4.57. The molecule has 2 N–H and O–H groups in total. The van der Waals surface area contributed by atoms with Crippen LogP contribution in [0.5, 0.6) is 5.75 Å². The van der Waals surface area contributed by atoms with Crippen molar-refractivity contribution >= 4 is 17.6 Å². The van der Waals surface area contributed by atoms with E-state index in [2.05, 4.69) is 4.74 Å². The SMILES string of the molecule is CCOC(=O)C(O)C(O)c1cc(OC)ccc1Cl. The maximum Gasteiger partial charge on any atom is 0.338 e. The first kappa shape index (κ1) is 14.8. The second kappa shape index (κ2) is 6.58. The van der Waals surface area contributed by atoms with E-state index in [1.165, 1.54) is 19.2 Å². The van der Waals surface area contributed by atoms with Crippen LogP contribution in [0.4, 0.5) is 0 Å². The molecule has 1 rings (SSSR count). The van der Waals surface area contributed by atoms with Gasteiger partial charge in [0.15, 0.2) is 6.10 Å². The molecule has 2 atom stereocenters. The van der Waals surface area contributed by atoms with Gasteiger partial charge in [0.2, 0.25) is 0 Å². The summed E-state index contributed by atoms with van der Waals surface area (Å²) < 4.78 is 9.60. The highest BCUT2D eigenvalue weighted by Gasteiger charge is 2.28. The fraction of sp³-hybridized carbons (Fsp3) is 0.417. The molecule has 0 aromatic heterocycles. The van der Waals surface area contributed by atoms with Crippen molar-refractivity contribution in [3.8, 4) is 5.75 Å². The molecular formula is C12H15ClO5. The lowest BCUT2D eigenvalue weighted by molar-refractivity contribution is -0.159. The van der Waals surface area contributed by atoms with Gasteiger partial charge >= 0.3 is 5.97 Å². The number of carbonyl (C=O) groups excluding carboxylic acids is 1. The summed E-state index contributed by atoms with van der Waals surface area (Å²) in [7, 11) is 1.46. The maximum atomic E-state index is 11.3. The van der Waals surface area contributed by atoms with Gasteiger partial charge in [-0.25, -0.2) is 4.79 Å². The molecule has 0 aliphatic rings. The van der Waals surface area contributed by atoms with Crippen molar-refractivity contribution in [2.45, 2.75) is 19.1 Å². The molecule has 18 heavy (non-hydrogen) atoms. The summed E-state index contributed by atoms with van der Waals surface area (Å²) in [6.45, 7) is 1.73. The molecule has 0 saturated heterocycles. The fourth-order valence-electron chi connectivity index (χ4n) is 1.40. The number of carbonyl (C=O) groups is 1. The molecule has 2 unspecified atom stereocenters. The van der Waals surface area contributed by atoms with E-state index >= 15 is 0 Å². The van der Waals surface area contributed by atoms with Gasteiger partial charge in [0.05, 0.1) is 13.7 Å². The predicted molar refractivity (Wildman–Crippen MR) is 65.6 cm³/mol. The van der Waals surface area contributed by atoms with Crippen molar-refractivity contribution in [1.29, 1.82) is 0 Å². The zero-order valence-corrected chi connectivity index (χ0v) is 10.8. The van der Waals surface area contributed by atoms with Gasteiger partial charge in [-0.05, 0) is 25.1 Å². The van der Waals surface area contributed by atoms with Crippen LogP contribution in [0.1, 0.15) is 18.6 Å². The van der Waals surface area contributed by atoms with Crippen molar-refractivity contribution in [3.63, 3.8) is 0 Å². The molecule has 100 valence electrons. The molecule has 0 bridgehead atoms. The number of aliphatic hydroxyl groups excluding tert-OH is 2. The Bertz CT molecular complexity index is 421. The number of halogens is 1. The minimum atomic E-state index is -1.69. The number of hydrogen-bond acceptors (Lipinski definition) is 5. The monoisotopic (exact) mass is 274 g/mol. The Hall–Kier alpha value is -1.30. The molecule has 5 nitrogen and oxygen atoms in total. The lowest BCUT2D eigenvalue weighted by Gasteiger charge is -2.18. The van der Waals surface area contributed by atoms with E-state index in [0.717, 1.165) is 0 Å². The zero-order valence-electron chi connectivity index (χ0n) is 10.1. The average Bonchev–Trinajstić information content (AvgIpc) is 2.38. The van der Waals surface area contributed by atoms with Crippen LogP contribution in [0.15, 0.2) is 18.2 Å². The van der Waals surface area contributed by atoms with Gasteiger partial charge in [-0.15, -0.1) is 0 Å². The highest BCUT2D eigenvalue weighted by molar-refractivity contribution is 6.31. The number of hydrogen-bond donors (Lipinski definition) is 2. The normalized spacial score (nSPS) is 13.8. The van der Waals surface area contributed by atoms with Gasteiger partial charge in [0.25, 0.3) is 0 Å². The van der Waals surface area contributed by atoms with Crippen molar-refractivity contribution in [3.05, 3.63) is 28.8 Å². The molecule has 0 spiro atoms. The number of aliphatic hydroxyl groups is 2. The van der Waals surface area contributed by atoms with Crippen molar-refractivity contribution < 1.29 is 24.5 Å². The molecule has 0 aliphatic carbocycles. The summed E-state index contributed by atoms with van der Waals surface area (Å²) >= 11 is 5.90. The highest BCUT2D eigenvalue weighted by atomic mass is 35.5. The van der Waals surface area contributed by atoms with E-state index in [0.29, 0.717) is 5.75 Å².